The molecule has 1 aromatic heterocycles. The highest BCUT2D eigenvalue weighted by atomic mass is 16.1. The van der Waals surface area contributed by atoms with Crippen molar-refractivity contribution < 1.29 is 4.79 Å². The van der Waals surface area contributed by atoms with Gasteiger partial charge >= 0.3 is 0 Å². The Bertz CT molecular complexity index is 467. The van der Waals surface area contributed by atoms with Crippen LogP contribution in [0.3, 0.4) is 0 Å². The first-order chi connectivity index (χ1) is 9.52. The molecule has 1 aromatic rings. The maximum absolute atomic E-state index is 12.2. The number of carbonyl (C=O) groups excluding carboxylic acids is 1. The SMILES string of the molecule is CNc1cc(C(=O)NCC2(C)CCN(C)CC2)ccn1. The second-order valence-corrected chi connectivity index (χ2v) is 5.98. The van der Waals surface area contributed by atoms with Crippen molar-refractivity contribution in [1.82, 2.24) is 15.2 Å². The molecule has 1 amide bonds. The summed E-state index contributed by atoms with van der Waals surface area (Å²) in [5, 5.41) is 6.01. The highest BCUT2D eigenvalue weighted by Gasteiger charge is 2.29. The normalized spacial score (nSPS) is 18.6. The minimum absolute atomic E-state index is 0.0240. The molecule has 1 fully saturated rings. The van der Waals surface area contributed by atoms with E-state index in [0.29, 0.717) is 11.4 Å². The smallest absolute Gasteiger partial charge is 0.251 e. The van der Waals surface area contributed by atoms with Gasteiger partial charge in [0.1, 0.15) is 5.82 Å². The molecule has 110 valence electrons. The van der Waals surface area contributed by atoms with E-state index in [9.17, 15) is 4.79 Å². The van der Waals surface area contributed by atoms with E-state index in [2.05, 4.69) is 34.5 Å². The molecule has 0 atom stereocenters. The van der Waals surface area contributed by atoms with Gasteiger partial charge in [-0.3, -0.25) is 4.79 Å². The van der Waals surface area contributed by atoms with E-state index in [1.165, 1.54) is 0 Å². The van der Waals surface area contributed by atoms with E-state index in [-0.39, 0.29) is 11.3 Å². The van der Waals surface area contributed by atoms with Gasteiger partial charge in [-0.1, -0.05) is 6.92 Å². The number of hydrogen-bond acceptors (Lipinski definition) is 4. The molecule has 0 unspecified atom stereocenters. The molecule has 5 heteroatoms. The van der Waals surface area contributed by atoms with Crippen LogP contribution in [0.1, 0.15) is 30.1 Å². The number of pyridine rings is 1. The molecular weight excluding hydrogens is 252 g/mol. The first-order valence-electron chi connectivity index (χ1n) is 7.13. The van der Waals surface area contributed by atoms with E-state index in [1.54, 1.807) is 25.4 Å². The third kappa shape index (κ3) is 3.70. The summed E-state index contributed by atoms with van der Waals surface area (Å²) in [6.07, 6.45) is 3.90. The van der Waals surface area contributed by atoms with Gasteiger partial charge in [-0.05, 0) is 50.5 Å². The Morgan fingerprint density at radius 3 is 2.80 bits per heavy atom. The summed E-state index contributed by atoms with van der Waals surface area (Å²) in [5.41, 5.74) is 0.863. The number of aromatic nitrogens is 1. The Morgan fingerprint density at radius 2 is 2.15 bits per heavy atom. The van der Waals surface area contributed by atoms with Gasteiger partial charge in [0.15, 0.2) is 0 Å². The molecule has 20 heavy (non-hydrogen) atoms. The standard InChI is InChI=1S/C15H24N4O/c1-15(5-8-19(3)9-6-15)11-18-14(20)12-4-7-17-13(10-12)16-2/h4,7,10H,5-6,8-9,11H2,1-3H3,(H,16,17)(H,18,20). The van der Waals surface area contributed by atoms with Crippen molar-refractivity contribution in [3.8, 4) is 0 Å². The number of nitrogens with one attached hydrogen (secondary N) is 2. The topological polar surface area (TPSA) is 57.3 Å². The quantitative estimate of drug-likeness (QED) is 0.877. The Balaban J connectivity index is 1.91. The number of likely N-dealkylation sites (tertiary alicyclic amines) is 1. The molecule has 1 aliphatic rings. The number of anilines is 1. The van der Waals surface area contributed by atoms with E-state index in [0.717, 1.165) is 32.5 Å². The van der Waals surface area contributed by atoms with Crippen molar-refractivity contribution in [3.05, 3.63) is 23.9 Å². The van der Waals surface area contributed by atoms with E-state index < -0.39 is 0 Å². The third-order valence-electron chi connectivity index (χ3n) is 4.15. The third-order valence-corrected chi connectivity index (χ3v) is 4.15. The number of carbonyl (C=O) groups is 1. The lowest BCUT2D eigenvalue weighted by Gasteiger charge is -2.37. The molecule has 0 saturated carbocycles. The summed E-state index contributed by atoms with van der Waals surface area (Å²) in [6.45, 7) is 5.19. The average Bonchev–Trinajstić information content (AvgIpc) is 2.48. The van der Waals surface area contributed by atoms with Gasteiger partial charge in [0.05, 0.1) is 0 Å². The van der Waals surface area contributed by atoms with Gasteiger partial charge in [0.2, 0.25) is 0 Å². The lowest BCUT2D eigenvalue weighted by atomic mass is 9.80. The first-order valence-corrected chi connectivity index (χ1v) is 7.13. The molecule has 0 aliphatic carbocycles. The number of rotatable bonds is 4. The van der Waals surface area contributed by atoms with Crippen LogP contribution in [0.25, 0.3) is 0 Å². The molecule has 0 bridgehead atoms. The Kier molecular flexibility index (Phi) is 4.60. The van der Waals surface area contributed by atoms with Crippen LogP contribution in [0.2, 0.25) is 0 Å². The fraction of sp³-hybridized carbons (Fsp3) is 0.600. The van der Waals surface area contributed by atoms with Crippen LogP contribution in [-0.4, -0.2) is 49.5 Å². The lowest BCUT2D eigenvalue weighted by molar-refractivity contribution is 0.0891. The Morgan fingerprint density at radius 1 is 1.45 bits per heavy atom. The molecule has 2 heterocycles. The summed E-state index contributed by atoms with van der Waals surface area (Å²) in [6, 6.07) is 3.51. The molecule has 5 nitrogen and oxygen atoms in total. The second-order valence-electron chi connectivity index (χ2n) is 5.98. The van der Waals surface area contributed by atoms with Gasteiger partial charge in [0.25, 0.3) is 5.91 Å². The number of piperidine rings is 1. The molecule has 2 N–H and O–H groups in total. The minimum atomic E-state index is -0.0240. The number of amides is 1. The predicted molar refractivity (Wildman–Crippen MR) is 81.0 cm³/mol. The first kappa shape index (κ1) is 14.8. The average molecular weight is 276 g/mol. The van der Waals surface area contributed by atoms with Crippen molar-refractivity contribution in [3.63, 3.8) is 0 Å². The van der Waals surface area contributed by atoms with Crippen LogP contribution in [0.15, 0.2) is 18.3 Å². The second kappa shape index (κ2) is 6.22. The molecular formula is C15H24N4O. The summed E-state index contributed by atoms with van der Waals surface area (Å²) in [7, 11) is 3.94. The van der Waals surface area contributed by atoms with Gasteiger partial charge in [0, 0.05) is 25.4 Å². The van der Waals surface area contributed by atoms with Gasteiger partial charge in [-0.2, -0.15) is 0 Å². The fourth-order valence-corrected chi connectivity index (χ4v) is 2.44. The van der Waals surface area contributed by atoms with Crippen LogP contribution < -0.4 is 10.6 Å². The zero-order valence-electron chi connectivity index (χ0n) is 12.6. The van der Waals surface area contributed by atoms with Gasteiger partial charge in [-0.15, -0.1) is 0 Å². The lowest BCUT2D eigenvalue weighted by Crippen LogP contribution is -2.43. The fourth-order valence-electron chi connectivity index (χ4n) is 2.44. The summed E-state index contributed by atoms with van der Waals surface area (Å²) >= 11 is 0. The Hall–Kier alpha value is -1.62. The minimum Gasteiger partial charge on any atom is -0.373 e. The van der Waals surface area contributed by atoms with Crippen molar-refractivity contribution in [2.45, 2.75) is 19.8 Å². The van der Waals surface area contributed by atoms with Crippen molar-refractivity contribution in [2.24, 2.45) is 5.41 Å². The summed E-state index contributed by atoms with van der Waals surface area (Å²) < 4.78 is 0. The molecule has 1 saturated heterocycles. The largest absolute Gasteiger partial charge is 0.373 e. The zero-order valence-corrected chi connectivity index (χ0v) is 12.6. The van der Waals surface area contributed by atoms with Crippen LogP contribution in [-0.2, 0) is 0 Å². The van der Waals surface area contributed by atoms with E-state index in [4.69, 9.17) is 0 Å². The maximum atomic E-state index is 12.2. The number of hydrogen-bond donors (Lipinski definition) is 2. The Labute approximate surface area is 120 Å². The molecule has 0 radical (unpaired) electrons. The zero-order chi connectivity index (χ0) is 14.6. The van der Waals surface area contributed by atoms with Crippen molar-refractivity contribution >= 4 is 11.7 Å². The predicted octanol–water partition coefficient (Wildman–Crippen LogP) is 1.58. The summed E-state index contributed by atoms with van der Waals surface area (Å²) in [4.78, 5) is 18.6. The van der Waals surface area contributed by atoms with Crippen LogP contribution >= 0.6 is 0 Å². The monoisotopic (exact) mass is 276 g/mol. The molecule has 0 spiro atoms. The molecule has 2 rings (SSSR count). The van der Waals surface area contributed by atoms with Crippen molar-refractivity contribution in [2.75, 3.05) is 39.0 Å². The summed E-state index contributed by atoms with van der Waals surface area (Å²) in [5.74, 6) is 0.687. The van der Waals surface area contributed by atoms with Gasteiger partial charge in [-0.25, -0.2) is 4.98 Å². The van der Waals surface area contributed by atoms with Crippen LogP contribution in [0.5, 0.6) is 0 Å². The van der Waals surface area contributed by atoms with Crippen molar-refractivity contribution in [1.29, 1.82) is 0 Å². The van der Waals surface area contributed by atoms with E-state index >= 15 is 0 Å². The molecule has 0 aromatic carbocycles. The van der Waals surface area contributed by atoms with Crippen LogP contribution in [0.4, 0.5) is 5.82 Å². The van der Waals surface area contributed by atoms with Gasteiger partial charge < -0.3 is 15.5 Å². The number of nitrogens with zero attached hydrogens (tertiary/aromatic N) is 2. The highest BCUT2D eigenvalue weighted by Crippen LogP contribution is 2.29. The molecule has 1 aliphatic heterocycles. The van der Waals surface area contributed by atoms with E-state index in [1.807, 2.05) is 0 Å². The highest BCUT2D eigenvalue weighted by molar-refractivity contribution is 5.94. The van der Waals surface area contributed by atoms with Crippen LogP contribution in [0, 0.1) is 5.41 Å². The maximum Gasteiger partial charge on any atom is 0.251 e.